The Hall–Kier alpha value is -2.69. The van der Waals surface area contributed by atoms with Crippen molar-refractivity contribution in [1.82, 2.24) is 5.32 Å². The van der Waals surface area contributed by atoms with Crippen LogP contribution >= 0.6 is 24.0 Å². The van der Waals surface area contributed by atoms with Crippen molar-refractivity contribution in [3.05, 3.63) is 59.0 Å². The van der Waals surface area contributed by atoms with Gasteiger partial charge in [-0.15, -0.1) is 0 Å². The molecule has 0 unspecified atom stereocenters. The number of benzene rings is 2. The average molecular weight is 435 g/mol. The van der Waals surface area contributed by atoms with Crippen molar-refractivity contribution >= 4 is 62.0 Å². The van der Waals surface area contributed by atoms with Crippen LogP contribution < -0.4 is 14.8 Å². The van der Waals surface area contributed by atoms with Crippen molar-refractivity contribution in [2.24, 2.45) is 0 Å². The molecule has 2 N–H and O–H groups in total. The van der Waals surface area contributed by atoms with E-state index in [0.717, 1.165) is 11.8 Å². The van der Waals surface area contributed by atoms with Gasteiger partial charge in [0.05, 0.1) is 4.91 Å². The van der Waals surface area contributed by atoms with E-state index in [0.29, 0.717) is 20.5 Å². The number of hydrogen-bond acceptors (Lipinski definition) is 7. The molecule has 2 aromatic carbocycles. The van der Waals surface area contributed by atoms with Gasteiger partial charge in [-0.2, -0.15) is 8.42 Å². The van der Waals surface area contributed by atoms with Gasteiger partial charge in [-0.3, -0.25) is 9.59 Å². The van der Waals surface area contributed by atoms with Crippen molar-refractivity contribution < 1.29 is 22.2 Å². The van der Waals surface area contributed by atoms with Gasteiger partial charge >= 0.3 is 10.1 Å². The second-order valence-electron chi connectivity index (χ2n) is 5.67. The predicted molar refractivity (Wildman–Crippen MR) is 111 cm³/mol. The van der Waals surface area contributed by atoms with Crippen molar-refractivity contribution in [2.45, 2.75) is 11.8 Å². The monoisotopic (exact) mass is 434 g/mol. The van der Waals surface area contributed by atoms with Gasteiger partial charge in [-0.05, 0) is 48.0 Å². The molecule has 0 saturated carbocycles. The average Bonchev–Trinajstić information content (AvgIpc) is 2.92. The lowest BCUT2D eigenvalue weighted by molar-refractivity contribution is -0.115. The third-order valence-corrected chi connectivity index (χ3v) is 5.89. The molecule has 2 aromatic rings. The Morgan fingerprint density at radius 3 is 2.54 bits per heavy atom. The first-order valence-corrected chi connectivity index (χ1v) is 10.5. The van der Waals surface area contributed by atoms with Crippen LogP contribution in [0.1, 0.15) is 12.5 Å². The summed E-state index contributed by atoms with van der Waals surface area (Å²) < 4.78 is 30.5. The number of amides is 2. The molecule has 3 rings (SSSR count). The molecule has 0 spiro atoms. The summed E-state index contributed by atoms with van der Waals surface area (Å²) in [6.07, 6.45) is 1.60. The molecule has 10 heteroatoms. The van der Waals surface area contributed by atoms with Crippen LogP contribution in [0.5, 0.6) is 5.75 Å². The fourth-order valence-electron chi connectivity index (χ4n) is 2.31. The largest absolute Gasteiger partial charge is 0.379 e. The Morgan fingerprint density at radius 1 is 1.21 bits per heavy atom. The summed E-state index contributed by atoms with van der Waals surface area (Å²) in [5.41, 5.74) is 1.07. The lowest BCUT2D eigenvalue weighted by Crippen LogP contribution is -2.17. The van der Waals surface area contributed by atoms with Crippen LogP contribution in [-0.4, -0.2) is 24.6 Å². The standard InChI is InChI=1S/C18H14N2O5S3/c1-11(21)19-13-5-7-15(8-6-13)28(23,24)25-14-4-2-3-12(9-14)10-16-17(22)20-18(26)27-16/h2-10H,1H3,(H,19,21)(H,20,22,26)/b16-10-. The molecule has 0 aromatic heterocycles. The van der Waals surface area contributed by atoms with Crippen molar-refractivity contribution in [1.29, 1.82) is 0 Å². The summed E-state index contributed by atoms with van der Waals surface area (Å²) in [6.45, 7) is 1.36. The van der Waals surface area contributed by atoms with Gasteiger partial charge in [0.25, 0.3) is 5.91 Å². The third kappa shape index (κ3) is 4.97. The molecular weight excluding hydrogens is 420 g/mol. The molecule has 28 heavy (non-hydrogen) atoms. The van der Waals surface area contributed by atoms with Crippen LogP contribution in [0.4, 0.5) is 5.69 Å². The van der Waals surface area contributed by atoms with E-state index in [1.165, 1.54) is 43.3 Å². The molecule has 1 fully saturated rings. The number of anilines is 1. The highest BCUT2D eigenvalue weighted by Crippen LogP contribution is 2.27. The van der Waals surface area contributed by atoms with Gasteiger partial charge in [-0.25, -0.2) is 0 Å². The molecular formula is C18H14N2O5S3. The van der Waals surface area contributed by atoms with E-state index in [1.807, 2.05) is 0 Å². The maximum Gasteiger partial charge on any atom is 0.339 e. The van der Waals surface area contributed by atoms with Crippen LogP contribution in [0.2, 0.25) is 0 Å². The first kappa shape index (κ1) is 20.1. The Labute approximate surface area is 171 Å². The van der Waals surface area contributed by atoms with Crippen LogP contribution in [-0.2, 0) is 19.7 Å². The lowest BCUT2D eigenvalue weighted by atomic mass is 10.2. The highest BCUT2D eigenvalue weighted by molar-refractivity contribution is 8.26. The van der Waals surface area contributed by atoms with Crippen molar-refractivity contribution in [3.8, 4) is 5.75 Å². The fourth-order valence-corrected chi connectivity index (χ4v) is 4.28. The van der Waals surface area contributed by atoms with Gasteiger partial charge in [0, 0.05) is 12.6 Å². The quantitative estimate of drug-likeness (QED) is 0.424. The first-order valence-electron chi connectivity index (χ1n) is 7.90. The molecule has 144 valence electrons. The first-order chi connectivity index (χ1) is 13.2. The second kappa shape index (κ2) is 8.13. The zero-order valence-corrected chi connectivity index (χ0v) is 16.9. The molecule has 0 atom stereocenters. The maximum absolute atomic E-state index is 12.5. The molecule has 2 amide bonds. The number of hydrogen-bond donors (Lipinski definition) is 2. The molecule has 1 heterocycles. The van der Waals surface area contributed by atoms with Gasteiger partial charge in [0.1, 0.15) is 15.0 Å². The summed E-state index contributed by atoms with van der Waals surface area (Å²) in [5, 5.41) is 5.07. The van der Waals surface area contributed by atoms with E-state index in [2.05, 4.69) is 10.6 Å². The van der Waals surface area contributed by atoms with Crippen LogP contribution in [0.25, 0.3) is 6.08 Å². The van der Waals surface area contributed by atoms with Gasteiger partial charge in [0.15, 0.2) is 0 Å². The molecule has 7 nitrogen and oxygen atoms in total. The lowest BCUT2D eigenvalue weighted by Gasteiger charge is -2.09. The molecule has 0 bridgehead atoms. The summed E-state index contributed by atoms with van der Waals surface area (Å²) in [5.74, 6) is -0.452. The highest BCUT2D eigenvalue weighted by atomic mass is 32.2. The predicted octanol–water partition coefficient (Wildman–Crippen LogP) is 2.90. The Bertz CT molecular complexity index is 1090. The number of thioether (sulfide) groups is 1. The zero-order chi connectivity index (χ0) is 20.3. The van der Waals surface area contributed by atoms with Crippen LogP contribution in [0.3, 0.4) is 0 Å². The van der Waals surface area contributed by atoms with Gasteiger partial charge < -0.3 is 14.8 Å². The van der Waals surface area contributed by atoms with E-state index in [1.54, 1.807) is 18.2 Å². The molecule has 1 saturated heterocycles. The zero-order valence-electron chi connectivity index (χ0n) is 14.5. The van der Waals surface area contributed by atoms with E-state index >= 15 is 0 Å². The topological polar surface area (TPSA) is 102 Å². The fraction of sp³-hybridized carbons (Fsp3) is 0.0556. The van der Waals surface area contributed by atoms with Crippen LogP contribution in [0, 0.1) is 0 Å². The summed E-state index contributed by atoms with van der Waals surface area (Å²) in [7, 11) is -4.06. The molecule has 1 aliphatic heterocycles. The van der Waals surface area contributed by atoms with Crippen molar-refractivity contribution in [2.75, 3.05) is 5.32 Å². The summed E-state index contributed by atoms with van der Waals surface area (Å²) in [4.78, 5) is 23.1. The number of carbonyl (C=O) groups excluding carboxylic acids is 2. The van der Waals surface area contributed by atoms with E-state index in [4.69, 9.17) is 16.4 Å². The Morgan fingerprint density at radius 2 is 1.93 bits per heavy atom. The Balaban J connectivity index is 1.79. The minimum atomic E-state index is -4.06. The third-order valence-electron chi connectivity index (χ3n) is 3.47. The normalized spacial score (nSPS) is 15.4. The minimum Gasteiger partial charge on any atom is -0.379 e. The van der Waals surface area contributed by atoms with Gasteiger partial charge in [0.2, 0.25) is 5.91 Å². The molecule has 0 radical (unpaired) electrons. The number of rotatable bonds is 5. The maximum atomic E-state index is 12.5. The molecule has 0 aliphatic carbocycles. The van der Waals surface area contributed by atoms with Gasteiger partial charge in [-0.1, -0.05) is 36.1 Å². The van der Waals surface area contributed by atoms with E-state index in [9.17, 15) is 18.0 Å². The SMILES string of the molecule is CC(=O)Nc1ccc(S(=O)(=O)Oc2cccc(/C=C3\SC(=S)NC3=O)c2)cc1. The summed E-state index contributed by atoms with van der Waals surface area (Å²) in [6, 6.07) is 12.0. The highest BCUT2D eigenvalue weighted by Gasteiger charge is 2.22. The summed E-state index contributed by atoms with van der Waals surface area (Å²) >= 11 is 6.07. The minimum absolute atomic E-state index is 0.0542. The smallest absolute Gasteiger partial charge is 0.339 e. The molecule has 1 aliphatic rings. The second-order valence-corrected chi connectivity index (χ2v) is 8.93. The Kier molecular flexibility index (Phi) is 5.82. The van der Waals surface area contributed by atoms with E-state index in [-0.39, 0.29) is 22.5 Å². The van der Waals surface area contributed by atoms with Crippen LogP contribution in [0.15, 0.2) is 58.3 Å². The number of carbonyl (C=O) groups is 2. The van der Waals surface area contributed by atoms with E-state index < -0.39 is 10.1 Å². The number of nitrogens with one attached hydrogen (secondary N) is 2. The van der Waals surface area contributed by atoms with Crippen molar-refractivity contribution in [3.63, 3.8) is 0 Å². The number of thiocarbonyl (C=S) groups is 1.